The van der Waals surface area contributed by atoms with Crippen molar-refractivity contribution in [1.29, 1.82) is 0 Å². The summed E-state index contributed by atoms with van der Waals surface area (Å²) >= 11 is 3.59. The van der Waals surface area contributed by atoms with Crippen molar-refractivity contribution >= 4 is 28.4 Å². The molecule has 1 aromatic rings. The van der Waals surface area contributed by atoms with Crippen molar-refractivity contribution in [2.45, 2.75) is 23.5 Å². The van der Waals surface area contributed by atoms with E-state index in [0.717, 1.165) is 17.9 Å². The fourth-order valence-corrected chi connectivity index (χ4v) is 7.26. The minimum absolute atomic E-state index is 0.0834. The van der Waals surface area contributed by atoms with Crippen LogP contribution in [0, 0.1) is 0 Å². The standard InChI is InChI=1S/C12H16BrO2P/c1-12(15-2)8-9-16(14,11(12)13)10-6-4-3-5-7-10/h3-7,11H,8-9H2,1-2H3/t11-,12-,16-/m1/s1. The maximum absolute atomic E-state index is 13.0. The summed E-state index contributed by atoms with van der Waals surface area (Å²) < 4.78 is 18.4. The van der Waals surface area contributed by atoms with Gasteiger partial charge in [-0.15, -0.1) is 0 Å². The lowest BCUT2D eigenvalue weighted by Gasteiger charge is -2.28. The van der Waals surface area contributed by atoms with Crippen molar-refractivity contribution in [2.24, 2.45) is 0 Å². The Labute approximate surface area is 105 Å². The van der Waals surface area contributed by atoms with Gasteiger partial charge in [-0.25, -0.2) is 0 Å². The van der Waals surface area contributed by atoms with Crippen LogP contribution in [-0.2, 0) is 9.30 Å². The van der Waals surface area contributed by atoms with Gasteiger partial charge in [0.25, 0.3) is 0 Å². The molecule has 1 aliphatic rings. The second-order valence-corrected chi connectivity index (χ2v) is 9.15. The Bertz CT molecular complexity index is 420. The maximum Gasteiger partial charge on any atom is 0.131 e. The highest BCUT2D eigenvalue weighted by Gasteiger charge is 2.52. The van der Waals surface area contributed by atoms with E-state index in [1.165, 1.54) is 0 Å². The number of alkyl halides is 1. The van der Waals surface area contributed by atoms with Gasteiger partial charge in [-0.1, -0.05) is 46.3 Å². The Morgan fingerprint density at radius 1 is 1.44 bits per heavy atom. The lowest BCUT2D eigenvalue weighted by Crippen LogP contribution is -2.33. The molecule has 1 aromatic carbocycles. The van der Waals surface area contributed by atoms with Gasteiger partial charge in [0.15, 0.2) is 0 Å². The number of hydrogen-bond donors (Lipinski definition) is 0. The molecule has 0 aromatic heterocycles. The molecule has 4 heteroatoms. The molecule has 2 rings (SSSR count). The quantitative estimate of drug-likeness (QED) is 0.619. The minimum Gasteiger partial charge on any atom is -0.377 e. The lowest BCUT2D eigenvalue weighted by atomic mass is 10.1. The van der Waals surface area contributed by atoms with Crippen molar-refractivity contribution < 1.29 is 9.30 Å². The van der Waals surface area contributed by atoms with Crippen molar-refractivity contribution in [2.75, 3.05) is 13.3 Å². The molecule has 1 saturated heterocycles. The summed E-state index contributed by atoms with van der Waals surface area (Å²) in [6.07, 6.45) is 1.56. The molecular weight excluding hydrogens is 287 g/mol. The van der Waals surface area contributed by atoms with Crippen LogP contribution in [0.15, 0.2) is 30.3 Å². The zero-order valence-electron chi connectivity index (χ0n) is 9.52. The molecule has 16 heavy (non-hydrogen) atoms. The number of methoxy groups -OCH3 is 1. The van der Waals surface area contributed by atoms with E-state index in [-0.39, 0.29) is 10.2 Å². The molecule has 0 spiro atoms. The average Bonchev–Trinajstić information content (AvgIpc) is 2.57. The van der Waals surface area contributed by atoms with Gasteiger partial charge >= 0.3 is 0 Å². The van der Waals surface area contributed by atoms with Gasteiger partial charge < -0.3 is 9.30 Å². The van der Waals surface area contributed by atoms with E-state index < -0.39 is 7.14 Å². The number of ether oxygens (including phenoxy) is 1. The molecule has 2 nitrogen and oxygen atoms in total. The molecule has 0 saturated carbocycles. The van der Waals surface area contributed by atoms with Crippen molar-refractivity contribution in [3.63, 3.8) is 0 Å². The van der Waals surface area contributed by atoms with Gasteiger partial charge in [0.05, 0.1) is 5.60 Å². The molecule has 0 amide bonds. The van der Waals surface area contributed by atoms with Crippen LogP contribution in [-0.4, -0.2) is 23.4 Å². The summed E-state index contributed by atoms with van der Waals surface area (Å²) in [4.78, 5) is 0. The highest BCUT2D eigenvalue weighted by molar-refractivity contribution is 9.11. The first-order valence-corrected chi connectivity index (χ1v) is 8.24. The SMILES string of the molecule is CO[C@]1(C)CC[P@@](=O)(c2ccccc2)[C@H]1Br. The molecule has 0 bridgehead atoms. The van der Waals surface area contributed by atoms with E-state index in [4.69, 9.17) is 4.74 Å². The molecule has 0 radical (unpaired) electrons. The van der Waals surface area contributed by atoms with Gasteiger partial charge in [-0.3, -0.25) is 0 Å². The predicted octanol–water partition coefficient (Wildman–Crippen LogP) is 3.20. The third kappa shape index (κ3) is 1.79. The van der Waals surface area contributed by atoms with Crippen LogP contribution in [0.2, 0.25) is 0 Å². The van der Waals surface area contributed by atoms with E-state index in [1.54, 1.807) is 7.11 Å². The Morgan fingerprint density at radius 2 is 2.06 bits per heavy atom. The van der Waals surface area contributed by atoms with E-state index in [0.29, 0.717) is 0 Å². The smallest absolute Gasteiger partial charge is 0.131 e. The Morgan fingerprint density at radius 3 is 2.56 bits per heavy atom. The summed E-state index contributed by atoms with van der Waals surface area (Å²) in [5, 5.41) is 0.956. The highest BCUT2D eigenvalue weighted by atomic mass is 79.9. The second-order valence-electron chi connectivity index (χ2n) is 4.46. The average molecular weight is 303 g/mol. The summed E-state index contributed by atoms with van der Waals surface area (Å²) in [6, 6.07) is 9.74. The number of rotatable bonds is 2. The van der Waals surface area contributed by atoms with Crippen molar-refractivity contribution in [3.8, 4) is 0 Å². The summed E-state index contributed by atoms with van der Waals surface area (Å²) in [6.45, 7) is 2.02. The lowest BCUT2D eigenvalue weighted by molar-refractivity contribution is 0.0241. The third-order valence-corrected chi connectivity index (χ3v) is 9.76. The first-order valence-electron chi connectivity index (χ1n) is 5.36. The highest BCUT2D eigenvalue weighted by Crippen LogP contribution is 2.63. The van der Waals surface area contributed by atoms with Crippen LogP contribution in [0.4, 0.5) is 0 Å². The first kappa shape index (κ1) is 12.3. The predicted molar refractivity (Wildman–Crippen MR) is 71.3 cm³/mol. The fraction of sp³-hybridized carbons (Fsp3) is 0.500. The first-order chi connectivity index (χ1) is 7.53. The Kier molecular flexibility index (Phi) is 3.31. The molecule has 0 unspecified atom stereocenters. The Hall–Kier alpha value is -0.110. The maximum atomic E-state index is 13.0. The molecule has 0 N–H and O–H groups in total. The van der Waals surface area contributed by atoms with Crippen LogP contribution in [0.25, 0.3) is 0 Å². The van der Waals surface area contributed by atoms with Crippen LogP contribution >= 0.6 is 23.1 Å². The van der Waals surface area contributed by atoms with E-state index in [9.17, 15) is 4.57 Å². The van der Waals surface area contributed by atoms with Gasteiger partial charge in [0, 0.05) is 18.6 Å². The fourth-order valence-electron chi connectivity index (χ4n) is 2.20. The third-order valence-electron chi connectivity index (χ3n) is 3.47. The zero-order chi connectivity index (χ0) is 11.8. The summed E-state index contributed by atoms with van der Waals surface area (Å²) in [7, 11) is -0.670. The monoisotopic (exact) mass is 302 g/mol. The van der Waals surface area contributed by atoms with Crippen molar-refractivity contribution in [1.82, 2.24) is 0 Å². The molecule has 0 aliphatic carbocycles. The Balaban J connectivity index is 2.40. The van der Waals surface area contributed by atoms with Gasteiger partial charge in [0.1, 0.15) is 11.7 Å². The molecule has 88 valence electrons. The van der Waals surface area contributed by atoms with E-state index in [1.807, 2.05) is 37.3 Å². The summed E-state index contributed by atoms with van der Waals surface area (Å²) in [5.74, 6) is 0. The molecule has 1 fully saturated rings. The van der Waals surface area contributed by atoms with Crippen molar-refractivity contribution in [3.05, 3.63) is 30.3 Å². The molecular formula is C12H16BrO2P. The van der Waals surface area contributed by atoms with E-state index in [2.05, 4.69) is 15.9 Å². The number of benzene rings is 1. The van der Waals surface area contributed by atoms with Gasteiger partial charge in [0.2, 0.25) is 0 Å². The van der Waals surface area contributed by atoms with Gasteiger partial charge in [-0.2, -0.15) is 0 Å². The zero-order valence-corrected chi connectivity index (χ0v) is 12.0. The summed E-state index contributed by atoms with van der Waals surface area (Å²) in [5.41, 5.74) is -0.314. The molecule has 1 heterocycles. The minimum atomic E-state index is -2.36. The van der Waals surface area contributed by atoms with Gasteiger partial charge in [-0.05, 0) is 13.3 Å². The molecule has 3 atom stereocenters. The normalized spacial score (nSPS) is 38.8. The van der Waals surface area contributed by atoms with Crippen LogP contribution in [0.3, 0.4) is 0 Å². The topological polar surface area (TPSA) is 26.3 Å². The van der Waals surface area contributed by atoms with Crippen LogP contribution < -0.4 is 5.30 Å². The number of hydrogen-bond acceptors (Lipinski definition) is 2. The van der Waals surface area contributed by atoms with E-state index >= 15 is 0 Å². The second kappa shape index (κ2) is 4.29. The number of halogens is 1. The largest absolute Gasteiger partial charge is 0.377 e. The van der Waals surface area contributed by atoms with Crippen LogP contribution in [0.1, 0.15) is 13.3 Å². The molecule has 1 aliphatic heterocycles. The van der Waals surface area contributed by atoms with Crippen LogP contribution in [0.5, 0.6) is 0 Å².